The summed E-state index contributed by atoms with van der Waals surface area (Å²) < 4.78 is 24.3. The number of nitrogens with two attached hydrogens (primary N) is 1. The van der Waals surface area contributed by atoms with Crippen LogP contribution in [0.3, 0.4) is 0 Å². The van der Waals surface area contributed by atoms with E-state index in [-0.39, 0.29) is 11.7 Å². The zero-order chi connectivity index (χ0) is 10.5. The van der Waals surface area contributed by atoms with Crippen LogP contribution in [0.25, 0.3) is 0 Å². The lowest BCUT2D eigenvalue weighted by molar-refractivity contribution is 0.405. The summed E-state index contributed by atoms with van der Waals surface area (Å²) in [6.45, 7) is 4.83. The number of hydrogen-bond acceptors (Lipinski definition) is 3. The summed E-state index contributed by atoms with van der Waals surface area (Å²) >= 11 is 0. The Morgan fingerprint density at radius 1 is 1.46 bits per heavy atom. The zero-order valence-electron chi connectivity index (χ0n) is 8.66. The van der Waals surface area contributed by atoms with Crippen molar-refractivity contribution in [1.29, 1.82) is 0 Å². The summed E-state index contributed by atoms with van der Waals surface area (Å²) in [4.78, 5) is 0. The van der Waals surface area contributed by atoms with E-state index in [2.05, 4.69) is 0 Å². The zero-order valence-corrected chi connectivity index (χ0v) is 9.47. The second-order valence-electron chi connectivity index (χ2n) is 3.44. The molecule has 1 atom stereocenters. The molecule has 0 radical (unpaired) electrons. The van der Waals surface area contributed by atoms with Gasteiger partial charge in [0.25, 0.3) is 0 Å². The molecule has 4 nitrogen and oxygen atoms in total. The fourth-order valence-corrected chi connectivity index (χ4v) is 2.35. The van der Waals surface area contributed by atoms with Crippen molar-refractivity contribution in [3.05, 3.63) is 0 Å². The summed E-state index contributed by atoms with van der Waals surface area (Å²) in [6, 6.07) is 0. The average Bonchev–Trinajstić information content (AvgIpc) is 2.04. The van der Waals surface area contributed by atoms with Crippen molar-refractivity contribution < 1.29 is 8.42 Å². The van der Waals surface area contributed by atoms with Gasteiger partial charge in [-0.25, -0.2) is 12.7 Å². The fraction of sp³-hybridized carbons (Fsp3) is 1.00. The summed E-state index contributed by atoms with van der Waals surface area (Å²) in [5.41, 5.74) is 5.42. The summed E-state index contributed by atoms with van der Waals surface area (Å²) in [7, 11) is -1.43. The Kier molecular flexibility index (Phi) is 5.51. The minimum Gasteiger partial charge on any atom is -0.330 e. The Balaban J connectivity index is 4.17. The van der Waals surface area contributed by atoms with Crippen LogP contribution in [0.1, 0.15) is 20.3 Å². The van der Waals surface area contributed by atoms with Gasteiger partial charge in [0, 0.05) is 13.6 Å². The van der Waals surface area contributed by atoms with E-state index >= 15 is 0 Å². The molecule has 0 aliphatic carbocycles. The maximum atomic E-state index is 11.5. The first-order chi connectivity index (χ1) is 5.94. The molecule has 0 aromatic heterocycles. The molecular weight excluding hydrogens is 188 g/mol. The van der Waals surface area contributed by atoms with E-state index in [0.29, 0.717) is 19.5 Å². The molecule has 0 rings (SSSR count). The maximum Gasteiger partial charge on any atom is 0.213 e. The molecule has 0 aromatic rings. The Bertz CT molecular complexity index is 226. The third kappa shape index (κ3) is 4.59. The van der Waals surface area contributed by atoms with E-state index in [1.54, 1.807) is 7.05 Å². The van der Waals surface area contributed by atoms with Crippen LogP contribution in [0, 0.1) is 5.92 Å². The molecule has 0 saturated carbocycles. The average molecular weight is 208 g/mol. The van der Waals surface area contributed by atoms with Gasteiger partial charge in [0.2, 0.25) is 10.0 Å². The van der Waals surface area contributed by atoms with Crippen LogP contribution < -0.4 is 5.73 Å². The Morgan fingerprint density at radius 3 is 2.38 bits per heavy atom. The molecule has 5 heteroatoms. The fourth-order valence-electron chi connectivity index (χ4n) is 1.04. The molecule has 0 aliphatic rings. The lowest BCUT2D eigenvalue weighted by Gasteiger charge is -2.19. The molecule has 1 unspecified atom stereocenters. The van der Waals surface area contributed by atoms with Gasteiger partial charge in [-0.2, -0.15) is 0 Å². The minimum absolute atomic E-state index is 0.219. The molecule has 0 bridgehead atoms. The van der Waals surface area contributed by atoms with E-state index in [0.717, 1.165) is 0 Å². The smallest absolute Gasteiger partial charge is 0.213 e. The van der Waals surface area contributed by atoms with E-state index in [1.807, 2.05) is 13.8 Å². The Labute approximate surface area is 81.2 Å². The van der Waals surface area contributed by atoms with Gasteiger partial charge in [-0.15, -0.1) is 0 Å². The number of sulfonamides is 1. The molecule has 2 N–H and O–H groups in total. The number of nitrogens with zero attached hydrogens (tertiary/aromatic N) is 1. The van der Waals surface area contributed by atoms with Crippen molar-refractivity contribution in [2.75, 3.05) is 25.9 Å². The SMILES string of the molecule is CCCS(=O)(=O)N(C)CC(C)CN. The topological polar surface area (TPSA) is 63.4 Å². The largest absolute Gasteiger partial charge is 0.330 e. The van der Waals surface area contributed by atoms with Crippen LogP contribution in [0.5, 0.6) is 0 Å². The lowest BCUT2D eigenvalue weighted by atomic mass is 10.2. The number of rotatable bonds is 6. The van der Waals surface area contributed by atoms with E-state index < -0.39 is 10.0 Å². The van der Waals surface area contributed by atoms with Crippen LogP contribution in [0.4, 0.5) is 0 Å². The maximum absolute atomic E-state index is 11.5. The van der Waals surface area contributed by atoms with Crippen LogP contribution in [0.2, 0.25) is 0 Å². The molecule has 13 heavy (non-hydrogen) atoms. The highest BCUT2D eigenvalue weighted by atomic mass is 32.2. The van der Waals surface area contributed by atoms with Gasteiger partial charge >= 0.3 is 0 Å². The predicted molar refractivity (Wildman–Crippen MR) is 54.9 cm³/mol. The molecule has 0 fully saturated rings. The molecule has 0 heterocycles. The van der Waals surface area contributed by atoms with Crippen LogP contribution in [0.15, 0.2) is 0 Å². The van der Waals surface area contributed by atoms with Crippen LogP contribution in [-0.4, -0.2) is 38.6 Å². The van der Waals surface area contributed by atoms with Gasteiger partial charge in [-0.05, 0) is 18.9 Å². The second-order valence-corrected chi connectivity index (χ2v) is 5.63. The first-order valence-corrected chi connectivity index (χ1v) is 6.19. The highest BCUT2D eigenvalue weighted by Gasteiger charge is 2.17. The van der Waals surface area contributed by atoms with Crippen molar-refractivity contribution in [3.8, 4) is 0 Å². The van der Waals surface area contributed by atoms with E-state index in [9.17, 15) is 8.42 Å². The van der Waals surface area contributed by atoms with Gasteiger partial charge in [0.15, 0.2) is 0 Å². The highest BCUT2D eigenvalue weighted by molar-refractivity contribution is 7.89. The van der Waals surface area contributed by atoms with Crippen molar-refractivity contribution in [1.82, 2.24) is 4.31 Å². The van der Waals surface area contributed by atoms with Gasteiger partial charge in [0.05, 0.1) is 5.75 Å². The third-order valence-electron chi connectivity index (χ3n) is 1.91. The van der Waals surface area contributed by atoms with Crippen LogP contribution >= 0.6 is 0 Å². The first-order valence-electron chi connectivity index (χ1n) is 4.58. The lowest BCUT2D eigenvalue weighted by Crippen LogP contribution is -2.34. The van der Waals surface area contributed by atoms with Gasteiger partial charge in [-0.3, -0.25) is 0 Å². The second kappa shape index (κ2) is 5.57. The Hall–Kier alpha value is -0.130. The Morgan fingerprint density at radius 2 is 2.00 bits per heavy atom. The summed E-state index contributed by atoms with van der Waals surface area (Å²) in [6.07, 6.45) is 0.656. The normalized spacial score (nSPS) is 14.8. The van der Waals surface area contributed by atoms with Crippen molar-refractivity contribution in [2.24, 2.45) is 11.7 Å². The molecule has 80 valence electrons. The third-order valence-corrected chi connectivity index (χ3v) is 3.93. The monoisotopic (exact) mass is 208 g/mol. The van der Waals surface area contributed by atoms with Gasteiger partial charge in [0.1, 0.15) is 0 Å². The summed E-state index contributed by atoms with van der Waals surface area (Å²) in [5, 5.41) is 0. The number of hydrogen-bond donors (Lipinski definition) is 1. The molecule has 0 saturated heterocycles. The molecule has 0 aliphatic heterocycles. The van der Waals surface area contributed by atoms with Gasteiger partial charge in [-0.1, -0.05) is 13.8 Å². The van der Waals surface area contributed by atoms with Crippen molar-refractivity contribution >= 4 is 10.0 Å². The molecule has 0 spiro atoms. The van der Waals surface area contributed by atoms with E-state index in [1.165, 1.54) is 4.31 Å². The standard InChI is InChI=1S/C8H20N2O2S/c1-4-5-13(11,12)10(3)7-8(2)6-9/h8H,4-7,9H2,1-3H3. The molecule has 0 amide bonds. The summed E-state index contributed by atoms with van der Waals surface area (Å²) in [5.74, 6) is 0.442. The quantitative estimate of drug-likeness (QED) is 0.680. The van der Waals surface area contributed by atoms with Gasteiger partial charge < -0.3 is 5.73 Å². The van der Waals surface area contributed by atoms with E-state index in [4.69, 9.17) is 5.73 Å². The van der Waals surface area contributed by atoms with Crippen molar-refractivity contribution in [3.63, 3.8) is 0 Å². The van der Waals surface area contributed by atoms with Crippen molar-refractivity contribution in [2.45, 2.75) is 20.3 Å². The van der Waals surface area contributed by atoms with Crippen LogP contribution in [-0.2, 0) is 10.0 Å². The minimum atomic E-state index is -3.04. The highest BCUT2D eigenvalue weighted by Crippen LogP contribution is 2.04. The molecular formula is C8H20N2O2S. The first kappa shape index (κ1) is 12.9. The predicted octanol–water partition coefficient (Wildman–Crippen LogP) is 0.253. The molecule has 0 aromatic carbocycles.